The molecule has 2 aromatic rings. The Morgan fingerprint density at radius 1 is 1.38 bits per heavy atom. The van der Waals surface area contributed by atoms with Crippen LogP contribution >= 0.6 is 0 Å². The number of rotatable bonds is 6. The Kier molecular flexibility index (Phi) is 5.48. The molecule has 0 spiro atoms. The molecule has 6 nitrogen and oxygen atoms in total. The number of methoxy groups -OCH3 is 1. The number of carbonyl (C=O) groups is 1. The van der Waals surface area contributed by atoms with Crippen molar-refractivity contribution in [2.24, 2.45) is 0 Å². The van der Waals surface area contributed by atoms with Crippen molar-refractivity contribution in [2.45, 2.75) is 25.4 Å². The first-order chi connectivity index (χ1) is 11.7. The minimum absolute atomic E-state index is 0.0463. The molecule has 3 rings (SSSR count). The van der Waals surface area contributed by atoms with Gasteiger partial charge in [-0.15, -0.1) is 0 Å². The molecule has 1 N–H and O–H groups in total. The van der Waals surface area contributed by atoms with Gasteiger partial charge in [0.15, 0.2) is 0 Å². The Bertz CT molecular complexity index is 640. The molecule has 1 aromatic carbocycles. The molecule has 6 heteroatoms. The van der Waals surface area contributed by atoms with E-state index in [1.807, 2.05) is 35.4 Å². The molecule has 0 radical (unpaired) electrons. The van der Waals surface area contributed by atoms with E-state index < -0.39 is 0 Å². The molecule has 1 aliphatic heterocycles. The molecule has 24 heavy (non-hydrogen) atoms. The zero-order valence-electron chi connectivity index (χ0n) is 13.9. The first-order valence-electron chi connectivity index (χ1n) is 8.24. The lowest BCUT2D eigenvalue weighted by atomic mass is 10.1. The molecular weight excluding hydrogens is 306 g/mol. The number of aromatic amines is 1. The fraction of sp³-hybridized carbons (Fsp3) is 0.444. The first kappa shape index (κ1) is 16.5. The van der Waals surface area contributed by atoms with Gasteiger partial charge in [0.25, 0.3) is 0 Å². The molecule has 1 atom stereocenters. The summed E-state index contributed by atoms with van der Waals surface area (Å²) in [7, 11) is 1.66. The highest BCUT2D eigenvalue weighted by atomic mass is 16.5. The standard InChI is InChI=1S/C18H23N3O3/c1-23-16-5-2-14(3-6-16)10-17-13-21(8-9-24-17)18(22)7-4-15-11-19-20-12-15/h2-3,5-6,11-12,17H,4,7-10,13H2,1H3,(H,19,20)/t17-/m1/s1. The largest absolute Gasteiger partial charge is 0.497 e. The van der Waals surface area contributed by atoms with E-state index in [9.17, 15) is 4.79 Å². The maximum atomic E-state index is 12.4. The van der Waals surface area contributed by atoms with Gasteiger partial charge in [0, 0.05) is 32.1 Å². The number of nitrogens with one attached hydrogen (secondary N) is 1. The van der Waals surface area contributed by atoms with Gasteiger partial charge in [-0.25, -0.2) is 0 Å². The van der Waals surface area contributed by atoms with Crippen LogP contribution in [-0.4, -0.2) is 53.9 Å². The fourth-order valence-corrected chi connectivity index (χ4v) is 2.92. The number of morpholine rings is 1. The topological polar surface area (TPSA) is 67.5 Å². The summed E-state index contributed by atoms with van der Waals surface area (Å²) in [6.45, 7) is 1.91. The zero-order chi connectivity index (χ0) is 16.8. The van der Waals surface area contributed by atoms with Crippen molar-refractivity contribution >= 4 is 5.91 Å². The Hall–Kier alpha value is -2.34. The molecule has 1 aromatic heterocycles. The molecule has 0 unspecified atom stereocenters. The van der Waals surface area contributed by atoms with Crippen LogP contribution in [0.25, 0.3) is 0 Å². The Morgan fingerprint density at radius 2 is 2.21 bits per heavy atom. The van der Waals surface area contributed by atoms with Crippen LogP contribution in [0.2, 0.25) is 0 Å². The third-order valence-electron chi connectivity index (χ3n) is 4.30. The third kappa shape index (κ3) is 4.35. The quantitative estimate of drug-likeness (QED) is 0.878. The summed E-state index contributed by atoms with van der Waals surface area (Å²) in [6.07, 6.45) is 5.67. The molecule has 1 saturated heterocycles. The lowest BCUT2D eigenvalue weighted by molar-refractivity contribution is -0.138. The highest BCUT2D eigenvalue weighted by molar-refractivity contribution is 5.76. The van der Waals surface area contributed by atoms with Gasteiger partial charge in [0.2, 0.25) is 5.91 Å². The van der Waals surface area contributed by atoms with Gasteiger partial charge in [0.05, 0.1) is 26.0 Å². The summed E-state index contributed by atoms with van der Waals surface area (Å²) in [5.74, 6) is 1.03. The molecule has 1 amide bonds. The molecule has 1 fully saturated rings. The van der Waals surface area contributed by atoms with Gasteiger partial charge in [-0.3, -0.25) is 9.89 Å². The second-order valence-corrected chi connectivity index (χ2v) is 5.99. The average Bonchev–Trinajstić information content (AvgIpc) is 3.14. The number of amides is 1. The predicted molar refractivity (Wildman–Crippen MR) is 89.9 cm³/mol. The van der Waals surface area contributed by atoms with E-state index in [0.717, 1.165) is 24.2 Å². The second-order valence-electron chi connectivity index (χ2n) is 5.99. The summed E-state index contributed by atoms with van der Waals surface area (Å²) in [4.78, 5) is 14.3. The summed E-state index contributed by atoms with van der Waals surface area (Å²) < 4.78 is 11.0. The van der Waals surface area contributed by atoms with E-state index in [0.29, 0.717) is 26.1 Å². The number of hydrogen-bond acceptors (Lipinski definition) is 4. The van der Waals surface area contributed by atoms with Crippen LogP contribution < -0.4 is 4.74 Å². The number of hydrogen-bond donors (Lipinski definition) is 1. The van der Waals surface area contributed by atoms with Crippen LogP contribution in [0.15, 0.2) is 36.7 Å². The van der Waals surface area contributed by atoms with Crippen molar-refractivity contribution in [3.05, 3.63) is 47.8 Å². The van der Waals surface area contributed by atoms with Crippen molar-refractivity contribution in [3.63, 3.8) is 0 Å². The SMILES string of the molecule is COc1ccc(C[C@@H]2CN(C(=O)CCc3cn[nH]c3)CCO2)cc1. The Balaban J connectivity index is 1.50. The summed E-state index contributed by atoms with van der Waals surface area (Å²) >= 11 is 0. The molecule has 2 heterocycles. The molecule has 0 aliphatic carbocycles. The summed E-state index contributed by atoms with van der Waals surface area (Å²) in [5, 5.41) is 6.68. The Morgan fingerprint density at radius 3 is 2.92 bits per heavy atom. The van der Waals surface area contributed by atoms with Crippen molar-refractivity contribution in [3.8, 4) is 5.75 Å². The van der Waals surface area contributed by atoms with Gasteiger partial charge >= 0.3 is 0 Å². The number of aryl methyl sites for hydroxylation is 1. The fourth-order valence-electron chi connectivity index (χ4n) is 2.92. The van der Waals surface area contributed by atoms with Crippen LogP contribution in [0.4, 0.5) is 0 Å². The van der Waals surface area contributed by atoms with Crippen LogP contribution in [0, 0.1) is 0 Å². The van der Waals surface area contributed by atoms with Gasteiger partial charge in [-0.2, -0.15) is 5.10 Å². The molecule has 128 valence electrons. The Labute approximate surface area is 141 Å². The highest BCUT2D eigenvalue weighted by Gasteiger charge is 2.24. The third-order valence-corrected chi connectivity index (χ3v) is 4.30. The first-order valence-corrected chi connectivity index (χ1v) is 8.24. The van der Waals surface area contributed by atoms with Crippen molar-refractivity contribution in [1.29, 1.82) is 0 Å². The van der Waals surface area contributed by atoms with Gasteiger partial charge in [0.1, 0.15) is 5.75 Å². The lowest BCUT2D eigenvalue weighted by Crippen LogP contribution is -2.46. The van der Waals surface area contributed by atoms with E-state index >= 15 is 0 Å². The number of nitrogens with zero attached hydrogens (tertiary/aromatic N) is 2. The molecule has 0 saturated carbocycles. The number of aromatic nitrogens is 2. The number of ether oxygens (including phenoxy) is 2. The summed E-state index contributed by atoms with van der Waals surface area (Å²) in [6, 6.07) is 7.99. The van der Waals surface area contributed by atoms with Crippen LogP contribution in [0.5, 0.6) is 5.75 Å². The van der Waals surface area contributed by atoms with Crippen LogP contribution in [-0.2, 0) is 22.4 Å². The van der Waals surface area contributed by atoms with E-state index in [1.54, 1.807) is 13.3 Å². The average molecular weight is 329 g/mol. The second kappa shape index (κ2) is 7.97. The van der Waals surface area contributed by atoms with E-state index in [4.69, 9.17) is 9.47 Å². The molecular formula is C18H23N3O3. The smallest absolute Gasteiger partial charge is 0.223 e. The minimum atomic E-state index is 0.0463. The molecule has 0 bridgehead atoms. The maximum absolute atomic E-state index is 12.4. The normalized spacial score (nSPS) is 17.7. The van der Waals surface area contributed by atoms with Gasteiger partial charge in [-0.05, 0) is 29.7 Å². The number of benzene rings is 1. The highest BCUT2D eigenvalue weighted by Crippen LogP contribution is 2.16. The van der Waals surface area contributed by atoms with Crippen LogP contribution in [0.3, 0.4) is 0 Å². The van der Waals surface area contributed by atoms with Crippen molar-refractivity contribution in [2.75, 3.05) is 26.8 Å². The number of H-pyrrole nitrogens is 1. The van der Waals surface area contributed by atoms with E-state index in [2.05, 4.69) is 10.2 Å². The monoisotopic (exact) mass is 329 g/mol. The maximum Gasteiger partial charge on any atom is 0.223 e. The van der Waals surface area contributed by atoms with Gasteiger partial charge < -0.3 is 14.4 Å². The lowest BCUT2D eigenvalue weighted by Gasteiger charge is -2.33. The van der Waals surface area contributed by atoms with E-state index in [-0.39, 0.29) is 12.0 Å². The summed E-state index contributed by atoms with van der Waals surface area (Å²) in [5.41, 5.74) is 2.25. The van der Waals surface area contributed by atoms with Gasteiger partial charge in [-0.1, -0.05) is 12.1 Å². The van der Waals surface area contributed by atoms with E-state index in [1.165, 1.54) is 5.56 Å². The van der Waals surface area contributed by atoms with Crippen LogP contribution in [0.1, 0.15) is 17.5 Å². The number of carbonyl (C=O) groups excluding carboxylic acids is 1. The van der Waals surface area contributed by atoms with Crippen molar-refractivity contribution in [1.82, 2.24) is 15.1 Å². The van der Waals surface area contributed by atoms with Crippen molar-refractivity contribution < 1.29 is 14.3 Å². The minimum Gasteiger partial charge on any atom is -0.497 e. The molecule has 1 aliphatic rings. The zero-order valence-corrected chi connectivity index (χ0v) is 13.9. The predicted octanol–water partition coefficient (Wildman–Crippen LogP) is 1.82.